The minimum Gasteiger partial charge on any atom is -0.496 e. The van der Waals surface area contributed by atoms with E-state index in [9.17, 15) is 4.79 Å². The van der Waals surface area contributed by atoms with Crippen LogP contribution in [0.1, 0.15) is 10.4 Å². The molecule has 0 fully saturated rings. The average Bonchev–Trinajstić information content (AvgIpc) is 3.05. The molecular weight excluding hydrogens is 264 g/mol. The van der Waals surface area contributed by atoms with Gasteiger partial charge in [0.25, 0.3) is 0 Å². The third-order valence-electron chi connectivity index (χ3n) is 3.29. The van der Waals surface area contributed by atoms with Crippen LogP contribution in [0, 0.1) is 0 Å². The molecule has 0 spiro atoms. The zero-order chi connectivity index (χ0) is 14.7. The van der Waals surface area contributed by atoms with Crippen LogP contribution in [0.2, 0.25) is 0 Å². The normalized spacial score (nSPS) is 10.3. The molecule has 0 unspecified atom stereocenters. The van der Waals surface area contributed by atoms with Crippen LogP contribution in [0.3, 0.4) is 0 Å². The maximum Gasteiger partial charge on any atom is 0.153 e. The quantitative estimate of drug-likeness (QED) is 0.687. The minimum absolute atomic E-state index is 0.530. The maximum absolute atomic E-state index is 11.1. The van der Waals surface area contributed by atoms with Crippen LogP contribution in [-0.2, 0) is 0 Å². The summed E-state index contributed by atoms with van der Waals surface area (Å²) in [5, 5.41) is 4.36. The second-order valence-corrected chi connectivity index (χ2v) is 4.58. The van der Waals surface area contributed by atoms with Crippen molar-refractivity contribution in [3.63, 3.8) is 0 Å². The Hall–Kier alpha value is -2.88. The van der Waals surface area contributed by atoms with Crippen LogP contribution in [0.25, 0.3) is 16.8 Å². The molecule has 4 nitrogen and oxygen atoms in total. The largest absolute Gasteiger partial charge is 0.496 e. The smallest absolute Gasteiger partial charge is 0.153 e. The van der Waals surface area contributed by atoms with Gasteiger partial charge in [0.2, 0.25) is 0 Å². The minimum atomic E-state index is 0.530. The predicted molar refractivity (Wildman–Crippen MR) is 80.9 cm³/mol. The molecule has 0 atom stereocenters. The Balaban J connectivity index is 1.98. The first kappa shape index (κ1) is 13.1. The summed E-state index contributed by atoms with van der Waals surface area (Å²) in [6.07, 6.45) is 4.51. The number of methoxy groups -OCH3 is 1. The molecule has 0 aliphatic carbocycles. The lowest BCUT2D eigenvalue weighted by Gasteiger charge is -2.05. The summed E-state index contributed by atoms with van der Waals surface area (Å²) in [5.74, 6) is 0.573. The predicted octanol–water partition coefficient (Wildman–Crippen LogP) is 3.36. The van der Waals surface area contributed by atoms with Gasteiger partial charge < -0.3 is 4.74 Å². The first-order valence-electron chi connectivity index (χ1n) is 6.55. The van der Waals surface area contributed by atoms with E-state index in [1.807, 2.05) is 42.6 Å². The van der Waals surface area contributed by atoms with Gasteiger partial charge in [0.05, 0.1) is 24.6 Å². The Kier molecular flexibility index (Phi) is 3.51. The highest BCUT2D eigenvalue weighted by Gasteiger charge is 2.07. The fourth-order valence-corrected chi connectivity index (χ4v) is 2.20. The van der Waals surface area contributed by atoms with Gasteiger partial charge >= 0.3 is 0 Å². The summed E-state index contributed by atoms with van der Waals surface area (Å²) in [7, 11) is 1.55. The molecule has 3 rings (SSSR count). The topological polar surface area (TPSA) is 44.1 Å². The van der Waals surface area contributed by atoms with Crippen LogP contribution in [-0.4, -0.2) is 23.2 Å². The van der Waals surface area contributed by atoms with Gasteiger partial charge in [-0.1, -0.05) is 24.3 Å². The molecule has 0 aliphatic heterocycles. The Morgan fingerprint density at radius 1 is 1.10 bits per heavy atom. The van der Waals surface area contributed by atoms with Crippen LogP contribution in [0.5, 0.6) is 5.75 Å². The Bertz CT molecular complexity index is 763. The van der Waals surface area contributed by atoms with E-state index in [2.05, 4.69) is 5.10 Å². The van der Waals surface area contributed by atoms with Gasteiger partial charge in [0.1, 0.15) is 5.75 Å². The Morgan fingerprint density at radius 2 is 1.90 bits per heavy atom. The number of carbonyl (C=O) groups is 1. The van der Waals surface area contributed by atoms with E-state index in [1.165, 1.54) is 0 Å². The van der Waals surface area contributed by atoms with Crippen molar-refractivity contribution >= 4 is 6.29 Å². The molecule has 0 N–H and O–H groups in total. The summed E-state index contributed by atoms with van der Waals surface area (Å²) in [4.78, 5) is 11.1. The molecule has 21 heavy (non-hydrogen) atoms. The molecule has 4 heteroatoms. The first-order chi connectivity index (χ1) is 10.3. The van der Waals surface area contributed by atoms with Crippen LogP contribution in [0.4, 0.5) is 0 Å². The molecule has 0 radical (unpaired) electrons. The molecular formula is C17H14N2O2. The molecule has 0 saturated heterocycles. The van der Waals surface area contributed by atoms with Crippen molar-refractivity contribution in [2.24, 2.45) is 0 Å². The van der Waals surface area contributed by atoms with Crippen LogP contribution >= 0.6 is 0 Å². The lowest BCUT2D eigenvalue weighted by atomic mass is 10.1. The molecule has 1 heterocycles. The number of benzene rings is 2. The van der Waals surface area contributed by atoms with Gasteiger partial charge in [0.15, 0.2) is 6.29 Å². The zero-order valence-electron chi connectivity index (χ0n) is 11.6. The SMILES string of the molecule is COc1ccc(-c2cnn(-c3ccccc3)c2)cc1C=O. The number of hydrogen-bond acceptors (Lipinski definition) is 3. The van der Waals surface area contributed by atoms with Crippen molar-refractivity contribution < 1.29 is 9.53 Å². The summed E-state index contributed by atoms with van der Waals surface area (Å²) in [5.41, 5.74) is 3.40. The molecule has 2 aromatic carbocycles. The number of nitrogens with zero attached hydrogens (tertiary/aromatic N) is 2. The van der Waals surface area contributed by atoms with E-state index in [0.29, 0.717) is 11.3 Å². The lowest BCUT2D eigenvalue weighted by molar-refractivity contribution is 0.112. The van der Waals surface area contributed by atoms with Crippen molar-refractivity contribution in [3.8, 4) is 22.6 Å². The number of aldehydes is 1. The van der Waals surface area contributed by atoms with Gasteiger partial charge in [-0.2, -0.15) is 5.10 Å². The highest BCUT2D eigenvalue weighted by Crippen LogP contribution is 2.26. The lowest BCUT2D eigenvalue weighted by Crippen LogP contribution is -1.92. The molecule has 1 aromatic heterocycles. The summed E-state index contributed by atoms with van der Waals surface area (Å²) in [6, 6.07) is 15.4. The van der Waals surface area contributed by atoms with Crippen molar-refractivity contribution in [1.82, 2.24) is 9.78 Å². The fraction of sp³-hybridized carbons (Fsp3) is 0.0588. The molecule has 3 aromatic rings. The molecule has 0 amide bonds. The second kappa shape index (κ2) is 5.63. The molecule has 0 aliphatic rings. The number of hydrogen-bond donors (Lipinski definition) is 0. The van der Waals surface area contributed by atoms with E-state index in [-0.39, 0.29) is 0 Å². The number of aromatic nitrogens is 2. The number of ether oxygens (including phenoxy) is 1. The summed E-state index contributed by atoms with van der Waals surface area (Å²) >= 11 is 0. The summed E-state index contributed by atoms with van der Waals surface area (Å²) in [6.45, 7) is 0. The Morgan fingerprint density at radius 3 is 2.62 bits per heavy atom. The summed E-state index contributed by atoms with van der Waals surface area (Å²) < 4.78 is 6.96. The van der Waals surface area contributed by atoms with Gasteiger partial charge in [0, 0.05) is 11.8 Å². The molecule has 104 valence electrons. The average molecular weight is 278 g/mol. The van der Waals surface area contributed by atoms with Gasteiger partial charge in [-0.3, -0.25) is 4.79 Å². The number of rotatable bonds is 4. The van der Waals surface area contributed by atoms with Crippen molar-refractivity contribution in [3.05, 3.63) is 66.5 Å². The van der Waals surface area contributed by atoms with E-state index in [1.54, 1.807) is 30.1 Å². The third kappa shape index (κ3) is 2.56. The van der Waals surface area contributed by atoms with Crippen molar-refractivity contribution in [2.45, 2.75) is 0 Å². The van der Waals surface area contributed by atoms with Crippen molar-refractivity contribution in [2.75, 3.05) is 7.11 Å². The monoisotopic (exact) mass is 278 g/mol. The highest BCUT2D eigenvalue weighted by atomic mass is 16.5. The number of para-hydroxylation sites is 1. The number of carbonyl (C=O) groups excluding carboxylic acids is 1. The van der Waals surface area contributed by atoms with Gasteiger partial charge in [-0.15, -0.1) is 0 Å². The maximum atomic E-state index is 11.1. The third-order valence-corrected chi connectivity index (χ3v) is 3.29. The van der Waals surface area contributed by atoms with E-state index in [0.717, 1.165) is 23.1 Å². The highest BCUT2D eigenvalue weighted by molar-refractivity contribution is 5.82. The zero-order valence-corrected chi connectivity index (χ0v) is 11.6. The van der Waals surface area contributed by atoms with Crippen LogP contribution in [0.15, 0.2) is 60.9 Å². The first-order valence-corrected chi connectivity index (χ1v) is 6.55. The van der Waals surface area contributed by atoms with Gasteiger partial charge in [-0.25, -0.2) is 4.68 Å². The van der Waals surface area contributed by atoms with Gasteiger partial charge in [-0.05, 0) is 29.8 Å². The standard InChI is InChI=1S/C17H14N2O2/c1-21-17-8-7-13(9-14(17)12-20)15-10-18-19(11-15)16-5-3-2-4-6-16/h2-12H,1H3. The second-order valence-electron chi connectivity index (χ2n) is 4.58. The Labute approximate surface area is 122 Å². The van der Waals surface area contributed by atoms with Crippen molar-refractivity contribution in [1.29, 1.82) is 0 Å². The van der Waals surface area contributed by atoms with Crippen LogP contribution < -0.4 is 4.74 Å². The molecule has 0 bridgehead atoms. The van der Waals surface area contributed by atoms with E-state index in [4.69, 9.17) is 4.74 Å². The van der Waals surface area contributed by atoms with E-state index >= 15 is 0 Å². The van der Waals surface area contributed by atoms with E-state index < -0.39 is 0 Å². The molecule has 0 saturated carbocycles. The fourth-order valence-electron chi connectivity index (χ4n) is 2.20.